The number of rotatable bonds is 4. The van der Waals surface area contributed by atoms with Crippen LogP contribution in [0.25, 0.3) is 0 Å². The second-order valence-electron chi connectivity index (χ2n) is 7.80. The Labute approximate surface area is 185 Å². The molecule has 5 rings (SSSR count). The van der Waals surface area contributed by atoms with Crippen LogP contribution >= 0.6 is 11.3 Å². The molecule has 0 bridgehead atoms. The molecule has 0 spiro atoms. The molecule has 0 saturated heterocycles. The van der Waals surface area contributed by atoms with Crippen LogP contribution in [0.3, 0.4) is 0 Å². The maximum absolute atomic E-state index is 13.5. The van der Waals surface area contributed by atoms with E-state index in [0.29, 0.717) is 17.9 Å². The fraction of sp³-hybridized carbons (Fsp3) is 0.240. The Hall–Kier alpha value is -3.25. The minimum Gasteiger partial charge on any atom is -0.493 e. The molecule has 31 heavy (non-hydrogen) atoms. The van der Waals surface area contributed by atoms with E-state index in [1.807, 2.05) is 42.5 Å². The highest BCUT2D eigenvalue weighted by Gasteiger charge is 2.36. The largest absolute Gasteiger partial charge is 0.493 e. The third-order valence-electron chi connectivity index (χ3n) is 6.02. The van der Waals surface area contributed by atoms with Gasteiger partial charge in [-0.3, -0.25) is 4.79 Å². The standard InChI is InChI=1S/C25H24N2O3S/c1-29-21-10-9-15(14-22(21)30-2)16-12-19-24(20(28)13-16)25(23-8-5-11-31-23)27-18-7-4-3-6-17(18)26-19/h3-11,14,16,25-27H,12-13H2,1-2H3. The number of carbonyl (C=O) groups excluding carboxylic acids is 1. The van der Waals surface area contributed by atoms with Gasteiger partial charge in [-0.15, -0.1) is 11.3 Å². The summed E-state index contributed by atoms with van der Waals surface area (Å²) in [6.45, 7) is 0. The molecular weight excluding hydrogens is 408 g/mol. The summed E-state index contributed by atoms with van der Waals surface area (Å²) in [5.74, 6) is 1.63. The number of benzene rings is 2. The number of thiophene rings is 1. The van der Waals surface area contributed by atoms with E-state index in [0.717, 1.165) is 39.5 Å². The highest BCUT2D eigenvalue weighted by Crippen LogP contribution is 2.45. The zero-order valence-electron chi connectivity index (χ0n) is 17.5. The molecule has 2 aromatic carbocycles. The zero-order chi connectivity index (χ0) is 21.4. The zero-order valence-corrected chi connectivity index (χ0v) is 18.3. The summed E-state index contributed by atoms with van der Waals surface area (Å²) in [7, 11) is 3.26. The van der Waals surface area contributed by atoms with Crippen LogP contribution in [0.2, 0.25) is 0 Å². The molecule has 1 aliphatic heterocycles. The van der Waals surface area contributed by atoms with Crippen LogP contribution in [-0.4, -0.2) is 20.0 Å². The van der Waals surface area contributed by atoms with Gasteiger partial charge in [0.2, 0.25) is 0 Å². The lowest BCUT2D eigenvalue weighted by molar-refractivity contribution is -0.116. The molecule has 3 aromatic rings. The lowest BCUT2D eigenvalue weighted by Crippen LogP contribution is -2.26. The number of fused-ring (bicyclic) bond motifs is 1. The Kier molecular flexibility index (Phi) is 5.16. The van der Waals surface area contributed by atoms with Gasteiger partial charge in [0, 0.05) is 22.6 Å². The molecule has 2 aliphatic rings. The van der Waals surface area contributed by atoms with Crippen molar-refractivity contribution < 1.29 is 14.3 Å². The minimum atomic E-state index is -0.148. The minimum absolute atomic E-state index is 0.0767. The number of hydrogen-bond acceptors (Lipinski definition) is 6. The Morgan fingerprint density at radius 1 is 0.935 bits per heavy atom. The topological polar surface area (TPSA) is 59.6 Å². The maximum atomic E-state index is 13.5. The number of allylic oxidation sites excluding steroid dienone is 1. The Morgan fingerprint density at radius 2 is 1.74 bits per heavy atom. The van der Waals surface area contributed by atoms with Gasteiger partial charge in [0.1, 0.15) is 0 Å². The SMILES string of the molecule is COc1ccc(C2CC(=O)C3=C(C2)Nc2ccccc2NC3c2cccs2)cc1OC. The van der Waals surface area contributed by atoms with Crippen LogP contribution in [0.5, 0.6) is 11.5 Å². The molecule has 0 amide bonds. The van der Waals surface area contributed by atoms with Crippen LogP contribution < -0.4 is 20.1 Å². The van der Waals surface area contributed by atoms with Crippen molar-refractivity contribution >= 4 is 28.5 Å². The molecule has 158 valence electrons. The summed E-state index contributed by atoms with van der Waals surface area (Å²) in [6.07, 6.45) is 1.23. The fourth-order valence-electron chi connectivity index (χ4n) is 4.50. The number of nitrogens with one attached hydrogen (secondary N) is 2. The van der Waals surface area contributed by atoms with Crippen molar-refractivity contribution in [1.82, 2.24) is 0 Å². The van der Waals surface area contributed by atoms with E-state index in [1.165, 1.54) is 0 Å². The van der Waals surface area contributed by atoms with E-state index in [1.54, 1.807) is 25.6 Å². The predicted octanol–water partition coefficient (Wildman–Crippen LogP) is 5.74. The second-order valence-corrected chi connectivity index (χ2v) is 8.78. The van der Waals surface area contributed by atoms with Crippen LogP contribution in [0.4, 0.5) is 11.4 Å². The molecule has 2 atom stereocenters. The van der Waals surface area contributed by atoms with Gasteiger partial charge in [0.25, 0.3) is 0 Å². The number of Topliss-reactive ketones (excluding diaryl/α,β-unsaturated/α-hetero) is 1. The van der Waals surface area contributed by atoms with Gasteiger partial charge in [-0.2, -0.15) is 0 Å². The highest BCUT2D eigenvalue weighted by molar-refractivity contribution is 7.10. The molecular formula is C25H24N2O3S. The molecule has 0 saturated carbocycles. The van der Waals surface area contributed by atoms with Gasteiger partial charge in [0.05, 0.1) is 31.6 Å². The molecule has 5 nitrogen and oxygen atoms in total. The fourth-order valence-corrected chi connectivity index (χ4v) is 5.29. The van der Waals surface area contributed by atoms with Crippen molar-refractivity contribution in [2.75, 3.05) is 24.9 Å². The molecule has 0 radical (unpaired) electrons. The molecule has 2 heterocycles. The van der Waals surface area contributed by atoms with E-state index in [-0.39, 0.29) is 17.7 Å². The van der Waals surface area contributed by atoms with Crippen molar-refractivity contribution in [2.45, 2.75) is 24.8 Å². The molecule has 0 fully saturated rings. The van der Waals surface area contributed by atoms with Gasteiger partial charge in [0.15, 0.2) is 17.3 Å². The average molecular weight is 433 g/mol. The van der Waals surface area contributed by atoms with Gasteiger partial charge < -0.3 is 20.1 Å². The Morgan fingerprint density at radius 3 is 2.48 bits per heavy atom. The van der Waals surface area contributed by atoms with Crippen molar-refractivity contribution in [3.8, 4) is 11.5 Å². The molecule has 6 heteroatoms. The molecule has 1 aliphatic carbocycles. The summed E-state index contributed by atoms with van der Waals surface area (Å²) in [5, 5.41) is 9.25. The average Bonchev–Trinajstić information content (AvgIpc) is 3.27. The number of ether oxygens (including phenoxy) is 2. The predicted molar refractivity (Wildman–Crippen MR) is 124 cm³/mol. The quantitative estimate of drug-likeness (QED) is 0.550. The van der Waals surface area contributed by atoms with Crippen LogP contribution in [-0.2, 0) is 4.79 Å². The lowest BCUT2D eigenvalue weighted by atomic mass is 9.79. The van der Waals surface area contributed by atoms with Crippen molar-refractivity contribution in [3.63, 3.8) is 0 Å². The first-order chi connectivity index (χ1) is 15.2. The highest BCUT2D eigenvalue weighted by atomic mass is 32.1. The Balaban J connectivity index is 1.56. The number of hydrogen-bond donors (Lipinski definition) is 2. The van der Waals surface area contributed by atoms with Crippen molar-refractivity contribution in [2.24, 2.45) is 0 Å². The number of para-hydroxylation sites is 2. The molecule has 2 N–H and O–H groups in total. The normalized spacial score (nSPS) is 20.1. The number of anilines is 2. The first-order valence-corrected chi connectivity index (χ1v) is 11.2. The van der Waals surface area contributed by atoms with Gasteiger partial charge in [-0.25, -0.2) is 0 Å². The summed E-state index contributed by atoms with van der Waals surface area (Å²) in [4.78, 5) is 14.7. The van der Waals surface area contributed by atoms with Crippen LogP contribution in [0, 0.1) is 0 Å². The van der Waals surface area contributed by atoms with Crippen molar-refractivity contribution in [3.05, 3.63) is 81.7 Å². The van der Waals surface area contributed by atoms with E-state index in [2.05, 4.69) is 28.1 Å². The first-order valence-electron chi connectivity index (χ1n) is 10.3. The molecule has 1 aromatic heterocycles. The first kappa shape index (κ1) is 19.7. The summed E-state index contributed by atoms with van der Waals surface area (Å²) in [6, 6.07) is 18.0. The smallest absolute Gasteiger partial charge is 0.163 e. The monoisotopic (exact) mass is 432 g/mol. The third kappa shape index (κ3) is 3.57. The summed E-state index contributed by atoms with van der Waals surface area (Å²) in [5.41, 5.74) is 4.92. The van der Waals surface area contributed by atoms with Gasteiger partial charge >= 0.3 is 0 Å². The summed E-state index contributed by atoms with van der Waals surface area (Å²) >= 11 is 1.67. The Bertz CT molecular complexity index is 1150. The third-order valence-corrected chi connectivity index (χ3v) is 6.95. The van der Waals surface area contributed by atoms with E-state index in [4.69, 9.17) is 9.47 Å². The maximum Gasteiger partial charge on any atom is 0.163 e. The lowest BCUT2D eigenvalue weighted by Gasteiger charge is -2.29. The van der Waals surface area contributed by atoms with Gasteiger partial charge in [-0.1, -0.05) is 24.3 Å². The van der Waals surface area contributed by atoms with E-state index >= 15 is 0 Å². The van der Waals surface area contributed by atoms with Crippen LogP contribution in [0.15, 0.2) is 71.2 Å². The number of methoxy groups -OCH3 is 2. The summed E-state index contributed by atoms with van der Waals surface area (Å²) < 4.78 is 10.9. The number of carbonyl (C=O) groups is 1. The van der Waals surface area contributed by atoms with Gasteiger partial charge in [-0.05, 0) is 53.6 Å². The number of ketones is 1. The second kappa shape index (κ2) is 8.12. The van der Waals surface area contributed by atoms with Crippen molar-refractivity contribution in [1.29, 1.82) is 0 Å². The van der Waals surface area contributed by atoms with E-state index < -0.39 is 0 Å². The molecule has 2 unspecified atom stereocenters. The van der Waals surface area contributed by atoms with Crippen LogP contribution in [0.1, 0.15) is 35.2 Å². The van der Waals surface area contributed by atoms with E-state index in [9.17, 15) is 4.79 Å².